The second-order valence-corrected chi connectivity index (χ2v) is 3.94. The molecule has 0 spiro atoms. The Morgan fingerprint density at radius 2 is 1.06 bits per heavy atom. The van der Waals surface area contributed by atoms with Gasteiger partial charge < -0.3 is 50.7 Å². The fourth-order valence-electron chi connectivity index (χ4n) is 1.69. The molecule has 2 fully saturated rings. The van der Waals surface area contributed by atoms with Crippen molar-refractivity contribution in [2.75, 3.05) is 52.4 Å². The molecule has 4 nitrogen and oxygen atoms in total. The molecular weight excluding hydrogens is 291 g/mol. The SMILES string of the molecule is C1CNCC[NH2+]C1.C1CNCC[NH2+]C1.[Br-].[Cl-]. The summed E-state index contributed by atoms with van der Waals surface area (Å²) in [5.74, 6) is 0. The molecule has 0 aromatic carbocycles. The Morgan fingerprint density at radius 3 is 1.50 bits per heavy atom. The fourth-order valence-corrected chi connectivity index (χ4v) is 1.69. The molecule has 2 saturated heterocycles. The quantitative estimate of drug-likeness (QED) is 0.359. The Morgan fingerprint density at radius 1 is 0.625 bits per heavy atom. The van der Waals surface area contributed by atoms with Crippen LogP contribution in [0.1, 0.15) is 12.8 Å². The summed E-state index contributed by atoms with van der Waals surface area (Å²) in [6.07, 6.45) is 2.67. The van der Waals surface area contributed by atoms with Gasteiger partial charge in [-0.25, -0.2) is 0 Å². The van der Waals surface area contributed by atoms with E-state index in [1.807, 2.05) is 0 Å². The van der Waals surface area contributed by atoms with Crippen LogP contribution in [0, 0.1) is 0 Å². The predicted molar refractivity (Wildman–Crippen MR) is 58.3 cm³/mol. The van der Waals surface area contributed by atoms with Crippen molar-refractivity contribution >= 4 is 0 Å². The molecule has 0 atom stereocenters. The van der Waals surface area contributed by atoms with Gasteiger partial charge in [-0.3, -0.25) is 0 Å². The van der Waals surface area contributed by atoms with Gasteiger partial charge in [0.1, 0.15) is 0 Å². The molecule has 0 aromatic heterocycles. The molecule has 2 aliphatic heterocycles. The summed E-state index contributed by atoms with van der Waals surface area (Å²) >= 11 is 0. The molecule has 0 bridgehead atoms. The number of nitrogens with one attached hydrogen (secondary N) is 2. The van der Waals surface area contributed by atoms with Crippen LogP contribution in [0.15, 0.2) is 0 Å². The number of rotatable bonds is 0. The minimum Gasteiger partial charge on any atom is -1.00 e. The number of nitrogens with two attached hydrogens (primary N) is 2. The maximum Gasteiger partial charge on any atom is 0.0882 e. The van der Waals surface area contributed by atoms with Gasteiger partial charge in [-0.1, -0.05) is 0 Å². The molecule has 0 aromatic rings. The normalized spacial score (nSPS) is 21.0. The second kappa shape index (κ2) is 15.6. The molecule has 2 rings (SSSR count). The van der Waals surface area contributed by atoms with Gasteiger partial charge in [0, 0.05) is 39.0 Å². The van der Waals surface area contributed by atoms with E-state index in [9.17, 15) is 0 Å². The topological polar surface area (TPSA) is 57.3 Å². The summed E-state index contributed by atoms with van der Waals surface area (Å²) in [7, 11) is 0. The zero-order valence-corrected chi connectivity index (χ0v) is 12.3. The minimum atomic E-state index is 0. The van der Waals surface area contributed by atoms with E-state index < -0.39 is 0 Å². The smallest absolute Gasteiger partial charge is 0.0882 e. The van der Waals surface area contributed by atoms with E-state index in [4.69, 9.17) is 0 Å². The van der Waals surface area contributed by atoms with E-state index >= 15 is 0 Å². The van der Waals surface area contributed by atoms with Crippen molar-refractivity contribution in [1.82, 2.24) is 10.6 Å². The Hall–Kier alpha value is 0.610. The monoisotopic (exact) mass is 316 g/mol. The highest BCUT2D eigenvalue weighted by Gasteiger charge is 1.96. The van der Waals surface area contributed by atoms with Crippen molar-refractivity contribution in [3.8, 4) is 0 Å². The van der Waals surface area contributed by atoms with Crippen LogP contribution in [0.5, 0.6) is 0 Å². The Kier molecular flexibility index (Phi) is 18.5. The summed E-state index contributed by atoms with van der Waals surface area (Å²) in [5, 5.41) is 11.4. The molecule has 0 unspecified atom stereocenters. The summed E-state index contributed by atoms with van der Waals surface area (Å²) in [6, 6.07) is 0. The standard InChI is InChI=1S/2C5H12N2.BrH.ClH/c2*1-2-6-4-5-7-3-1;;/h2*6-7H,1-5H2;2*1H. The van der Waals surface area contributed by atoms with Crippen molar-refractivity contribution < 1.29 is 40.0 Å². The largest absolute Gasteiger partial charge is 1.00 e. The number of hydrogen-bond acceptors (Lipinski definition) is 2. The molecular formula is C10H26BrClN4. The van der Waals surface area contributed by atoms with Crippen molar-refractivity contribution in [2.45, 2.75) is 12.8 Å². The first-order chi connectivity index (χ1) is 7.00. The Bertz CT molecular complexity index is 76.1. The lowest BCUT2D eigenvalue weighted by atomic mass is 10.4. The van der Waals surface area contributed by atoms with Gasteiger partial charge in [0.2, 0.25) is 0 Å². The third kappa shape index (κ3) is 12.7. The third-order valence-corrected chi connectivity index (χ3v) is 2.57. The second-order valence-electron chi connectivity index (χ2n) is 3.94. The first-order valence-electron chi connectivity index (χ1n) is 6.05. The average molecular weight is 318 g/mol. The highest BCUT2D eigenvalue weighted by atomic mass is 79.9. The maximum absolute atomic E-state index is 3.32. The lowest BCUT2D eigenvalue weighted by Crippen LogP contribution is -3.00. The molecule has 6 heteroatoms. The van der Waals surface area contributed by atoms with Crippen LogP contribution in [0.2, 0.25) is 0 Å². The van der Waals surface area contributed by atoms with Gasteiger partial charge in [0.25, 0.3) is 0 Å². The molecule has 2 heterocycles. The summed E-state index contributed by atoms with van der Waals surface area (Å²) in [4.78, 5) is 0. The van der Waals surface area contributed by atoms with Gasteiger partial charge in [0.05, 0.1) is 26.2 Å². The van der Waals surface area contributed by atoms with Gasteiger partial charge in [-0.05, 0) is 0 Å². The van der Waals surface area contributed by atoms with Crippen molar-refractivity contribution in [3.63, 3.8) is 0 Å². The van der Waals surface area contributed by atoms with Gasteiger partial charge in [-0.2, -0.15) is 0 Å². The Labute approximate surface area is 116 Å². The molecule has 0 radical (unpaired) electrons. The molecule has 16 heavy (non-hydrogen) atoms. The predicted octanol–water partition coefficient (Wildman–Crippen LogP) is -8.91. The zero-order chi connectivity index (χ0) is 9.90. The number of hydrogen-bond donors (Lipinski definition) is 4. The van der Waals surface area contributed by atoms with E-state index in [0.717, 1.165) is 0 Å². The van der Waals surface area contributed by atoms with Crippen LogP contribution >= 0.6 is 0 Å². The zero-order valence-electron chi connectivity index (χ0n) is 9.98. The summed E-state index contributed by atoms with van der Waals surface area (Å²) in [6.45, 7) is 9.98. The van der Waals surface area contributed by atoms with Gasteiger partial charge in [-0.15, -0.1) is 0 Å². The third-order valence-electron chi connectivity index (χ3n) is 2.57. The van der Waals surface area contributed by atoms with Gasteiger partial charge in [0.15, 0.2) is 0 Å². The average Bonchev–Trinajstić information content (AvgIpc) is 2.68. The van der Waals surface area contributed by atoms with Crippen LogP contribution in [-0.2, 0) is 0 Å². The van der Waals surface area contributed by atoms with E-state index in [1.165, 1.54) is 65.2 Å². The number of halogens is 2. The van der Waals surface area contributed by atoms with E-state index in [0.29, 0.717) is 0 Å². The molecule has 0 aliphatic carbocycles. The molecule has 6 N–H and O–H groups in total. The van der Waals surface area contributed by atoms with E-state index in [1.54, 1.807) is 0 Å². The lowest BCUT2D eigenvalue weighted by Gasteiger charge is -1.89. The highest BCUT2D eigenvalue weighted by molar-refractivity contribution is 4.47. The molecule has 2 aliphatic rings. The van der Waals surface area contributed by atoms with Crippen LogP contribution < -0.4 is 50.7 Å². The van der Waals surface area contributed by atoms with Crippen LogP contribution in [0.3, 0.4) is 0 Å². The van der Waals surface area contributed by atoms with Crippen LogP contribution in [-0.4, -0.2) is 52.4 Å². The molecule has 0 amide bonds. The van der Waals surface area contributed by atoms with E-state index in [-0.39, 0.29) is 29.4 Å². The maximum atomic E-state index is 3.32. The van der Waals surface area contributed by atoms with Gasteiger partial charge >= 0.3 is 0 Å². The van der Waals surface area contributed by atoms with Crippen LogP contribution in [0.4, 0.5) is 0 Å². The van der Waals surface area contributed by atoms with Crippen molar-refractivity contribution in [3.05, 3.63) is 0 Å². The fraction of sp³-hybridized carbons (Fsp3) is 1.00. The van der Waals surface area contributed by atoms with E-state index in [2.05, 4.69) is 21.3 Å². The molecule has 100 valence electrons. The summed E-state index contributed by atoms with van der Waals surface area (Å²) in [5.41, 5.74) is 0. The number of quaternary nitrogens is 2. The van der Waals surface area contributed by atoms with Crippen molar-refractivity contribution in [1.29, 1.82) is 0 Å². The highest BCUT2D eigenvalue weighted by Crippen LogP contribution is 1.69. The van der Waals surface area contributed by atoms with Crippen LogP contribution in [0.25, 0.3) is 0 Å². The first kappa shape index (κ1) is 19.0. The summed E-state index contributed by atoms with van der Waals surface area (Å²) < 4.78 is 0. The minimum absolute atomic E-state index is 0. The first-order valence-corrected chi connectivity index (χ1v) is 6.05. The molecule has 0 saturated carbocycles. The van der Waals surface area contributed by atoms with Crippen molar-refractivity contribution in [2.24, 2.45) is 0 Å². The lowest BCUT2D eigenvalue weighted by molar-refractivity contribution is -0.651. The Balaban J connectivity index is 0.